The molecule has 0 atom stereocenters. The Bertz CT molecular complexity index is 414. The lowest BCUT2D eigenvalue weighted by atomic mass is 9.75. The molecule has 3 nitrogen and oxygen atoms in total. The van der Waals surface area contributed by atoms with Crippen LogP contribution < -0.4 is 4.52 Å². The Balaban J connectivity index is 3.46. The molecule has 0 amide bonds. The van der Waals surface area contributed by atoms with Crippen LogP contribution in [0.15, 0.2) is 18.2 Å². The van der Waals surface area contributed by atoms with Crippen molar-refractivity contribution >= 4 is 8.60 Å². The summed E-state index contributed by atoms with van der Waals surface area (Å²) in [6.07, 6.45) is 0. The van der Waals surface area contributed by atoms with Crippen LogP contribution in [0.2, 0.25) is 0 Å². The van der Waals surface area contributed by atoms with Crippen molar-refractivity contribution in [2.24, 2.45) is 0 Å². The van der Waals surface area contributed by atoms with E-state index in [0.717, 1.165) is 5.56 Å². The van der Waals surface area contributed by atoms with E-state index in [9.17, 15) is 0 Å². The zero-order chi connectivity index (χ0) is 14.1. The minimum atomic E-state index is -2.39. The Morgan fingerprint density at radius 2 is 1.50 bits per heavy atom. The van der Waals surface area contributed by atoms with E-state index in [-0.39, 0.29) is 10.8 Å². The highest BCUT2D eigenvalue weighted by Crippen LogP contribution is 2.42. The molecule has 0 saturated heterocycles. The molecule has 0 unspecified atom stereocenters. The fourth-order valence-corrected chi connectivity index (χ4v) is 2.42. The van der Waals surface area contributed by atoms with Crippen LogP contribution in [0.1, 0.15) is 52.7 Å². The molecule has 4 heteroatoms. The molecule has 0 aliphatic heterocycles. The first-order chi connectivity index (χ1) is 8.03. The van der Waals surface area contributed by atoms with Crippen LogP contribution in [0.25, 0.3) is 0 Å². The zero-order valence-electron chi connectivity index (χ0n) is 12.0. The Hall–Kier alpha value is -0.630. The maximum Gasteiger partial charge on any atom is 0.391 e. The van der Waals surface area contributed by atoms with Gasteiger partial charge in [-0.15, -0.1) is 0 Å². The number of rotatable bonds is 2. The van der Waals surface area contributed by atoms with Crippen molar-refractivity contribution in [3.63, 3.8) is 0 Å². The summed E-state index contributed by atoms with van der Waals surface area (Å²) in [5, 5.41) is 0. The van der Waals surface area contributed by atoms with Gasteiger partial charge in [0.05, 0.1) is 0 Å². The summed E-state index contributed by atoms with van der Waals surface area (Å²) < 4.78 is 5.18. The van der Waals surface area contributed by atoms with Gasteiger partial charge in [-0.25, -0.2) is 0 Å². The first kappa shape index (κ1) is 15.4. The smallest absolute Gasteiger partial charge is 0.391 e. The molecule has 2 N–H and O–H groups in total. The van der Waals surface area contributed by atoms with E-state index in [2.05, 4.69) is 47.6 Å². The highest BCUT2D eigenvalue weighted by molar-refractivity contribution is 7.39. The molecular weight excluding hydrogens is 247 g/mol. The van der Waals surface area contributed by atoms with Crippen LogP contribution >= 0.6 is 8.60 Å². The lowest BCUT2D eigenvalue weighted by Gasteiger charge is -2.31. The predicted octanol–water partition coefficient (Wildman–Crippen LogP) is 3.87. The van der Waals surface area contributed by atoms with Gasteiger partial charge < -0.3 is 14.3 Å². The van der Waals surface area contributed by atoms with E-state index in [1.165, 1.54) is 5.56 Å². The molecule has 0 aromatic heterocycles. The predicted molar refractivity (Wildman–Crippen MR) is 75.8 cm³/mol. The van der Waals surface area contributed by atoms with E-state index in [1.807, 2.05) is 6.07 Å². The number of hydrogen-bond donors (Lipinski definition) is 2. The maximum absolute atomic E-state index is 9.09. The summed E-state index contributed by atoms with van der Waals surface area (Å²) in [4.78, 5) is 18.2. The minimum absolute atomic E-state index is 0.0182. The molecule has 0 aliphatic rings. The van der Waals surface area contributed by atoms with E-state index >= 15 is 0 Å². The van der Waals surface area contributed by atoms with E-state index in [0.29, 0.717) is 5.75 Å². The third-order valence-electron chi connectivity index (χ3n) is 2.76. The number of hydrogen-bond acceptors (Lipinski definition) is 3. The van der Waals surface area contributed by atoms with Crippen LogP contribution in [-0.4, -0.2) is 9.79 Å². The molecule has 1 rings (SSSR count). The van der Waals surface area contributed by atoms with Crippen molar-refractivity contribution in [1.82, 2.24) is 0 Å². The standard InChI is InChI=1S/C14H23O3P/c1-13(2,3)10-8-7-9-11(17-18(15)16)12(10)14(4,5)6/h7-9,15-16H,1-6H3. The van der Waals surface area contributed by atoms with Gasteiger partial charge in [-0.1, -0.05) is 53.7 Å². The Morgan fingerprint density at radius 1 is 0.944 bits per heavy atom. The second-order valence-electron chi connectivity index (χ2n) is 6.52. The van der Waals surface area contributed by atoms with Crippen molar-refractivity contribution in [2.45, 2.75) is 52.4 Å². The molecule has 0 radical (unpaired) electrons. The van der Waals surface area contributed by atoms with Crippen LogP contribution in [-0.2, 0) is 10.8 Å². The lowest BCUT2D eigenvalue weighted by Crippen LogP contribution is -2.22. The molecule has 1 aromatic rings. The summed E-state index contributed by atoms with van der Waals surface area (Å²) in [6, 6.07) is 5.76. The van der Waals surface area contributed by atoms with Crippen molar-refractivity contribution in [3.05, 3.63) is 29.3 Å². The highest BCUT2D eigenvalue weighted by atomic mass is 31.2. The van der Waals surface area contributed by atoms with Gasteiger partial charge in [0.15, 0.2) is 0 Å². The van der Waals surface area contributed by atoms with Gasteiger partial charge in [0.25, 0.3) is 0 Å². The average molecular weight is 270 g/mol. The van der Waals surface area contributed by atoms with Gasteiger partial charge in [0, 0.05) is 5.56 Å². The summed E-state index contributed by atoms with van der Waals surface area (Å²) in [7, 11) is -2.39. The largest absolute Gasteiger partial charge is 0.427 e. The summed E-state index contributed by atoms with van der Waals surface area (Å²) in [5.74, 6) is 0.561. The first-order valence-corrected chi connectivity index (χ1v) is 7.20. The maximum atomic E-state index is 9.09. The van der Waals surface area contributed by atoms with E-state index in [4.69, 9.17) is 14.3 Å². The third-order valence-corrected chi connectivity index (χ3v) is 3.12. The molecule has 0 aliphatic carbocycles. The molecule has 0 spiro atoms. The van der Waals surface area contributed by atoms with E-state index < -0.39 is 8.60 Å². The normalized spacial score (nSPS) is 12.9. The lowest BCUT2D eigenvalue weighted by molar-refractivity contribution is 0.368. The molecule has 18 heavy (non-hydrogen) atoms. The Labute approximate surface area is 111 Å². The van der Waals surface area contributed by atoms with Gasteiger partial charge in [0.1, 0.15) is 5.75 Å². The minimum Gasteiger partial charge on any atom is -0.427 e. The Kier molecular flexibility index (Phi) is 4.42. The zero-order valence-corrected chi connectivity index (χ0v) is 12.9. The Morgan fingerprint density at radius 3 is 1.89 bits per heavy atom. The molecular formula is C14H23O3P. The second kappa shape index (κ2) is 5.16. The van der Waals surface area contributed by atoms with Crippen LogP contribution in [0, 0.1) is 0 Å². The van der Waals surface area contributed by atoms with Crippen LogP contribution in [0.4, 0.5) is 0 Å². The van der Waals surface area contributed by atoms with Crippen LogP contribution in [0.5, 0.6) is 5.75 Å². The van der Waals surface area contributed by atoms with Gasteiger partial charge in [-0.05, 0) is 22.5 Å². The van der Waals surface area contributed by atoms with Crippen LogP contribution in [0.3, 0.4) is 0 Å². The van der Waals surface area contributed by atoms with Gasteiger partial charge >= 0.3 is 8.60 Å². The molecule has 0 saturated carbocycles. The SMILES string of the molecule is CC(C)(C)c1cccc(OP(O)O)c1C(C)(C)C. The van der Waals surface area contributed by atoms with Crippen molar-refractivity contribution < 1.29 is 14.3 Å². The van der Waals surface area contributed by atoms with Crippen molar-refractivity contribution in [1.29, 1.82) is 0 Å². The fraction of sp³-hybridized carbons (Fsp3) is 0.571. The van der Waals surface area contributed by atoms with Crippen molar-refractivity contribution in [3.8, 4) is 5.75 Å². The summed E-state index contributed by atoms with van der Waals surface area (Å²) in [5.41, 5.74) is 2.07. The monoisotopic (exact) mass is 270 g/mol. The first-order valence-electron chi connectivity index (χ1n) is 6.03. The topological polar surface area (TPSA) is 49.7 Å². The molecule has 102 valence electrons. The number of benzene rings is 1. The van der Waals surface area contributed by atoms with Gasteiger partial charge in [0.2, 0.25) is 0 Å². The molecule has 0 heterocycles. The van der Waals surface area contributed by atoms with E-state index in [1.54, 1.807) is 6.07 Å². The quantitative estimate of drug-likeness (QED) is 0.802. The molecule has 0 fully saturated rings. The van der Waals surface area contributed by atoms with Gasteiger partial charge in [-0.2, -0.15) is 0 Å². The van der Waals surface area contributed by atoms with Gasteiger partial charge in [-0.3, -0.25) is 0 Å². The highest BCUT2D eigenvalue weighted by Gasteiger charge is 2.29. The fourth-order valence-electron chi connectivity index (χ4n) is 2.09. The summed E-state index contributed by atoms with van der Waals surface area (Å²) >= 11 is 0. The second-order valence-corrected chi connectivity index (χ2v) is 7.21. The summed E-state index contributed by atoms with van der Waals surface area (Å²) in [6.45, 7) is 12.7. The molecule has 0 bridgehead atoms. The van der Waals surface area contributed by atoms with Crippen molar-refractivity contribution in [2.75, 3.05) is 0 Å². The third kappa shape index (κ3) is 3.68. The average Bonchev–Trinajstić information content (AvgIpc) is 2.13. The molecule has 1 aromatic carbocycles.